The Bertz CT molecular complexity index is 83.3. The van der Waals surface area contributed by atoms with Crippen LogP contribution < -0.4 is 4.91 Å². The highest BCUT2D eigenvalue weighted by molar-refractivity contribution is 5.45. The van der Waals surface area contributed by atoms with Crippen LogP contribution in [-0.2, 0) is 4.79 Å². The molecule has 5 heteroatoms. The molecule has 0 spiro atoms. The van der Waals surface area contributed by atoms with E-state index in [4.69, 9.17) is 11.1 Å². The minimum absolute atomic E-state index is 0.750. The first-order valence-electron chi connectivity index (χ1n) is 1.84. The summed E-state index contributed by atoms with van der Waals surface area (Å²) in [5.74, 6) is 0. The molecule has 1 amide bonds. The van der Waals surface area contributed by atoms with Crippen molar-refractivity contribution < 1.29 is 4.79 Å². The van der Waals surface area contributed by atoms with Gasteiger partial charge in [-0.2, -0.15) is 0 Å². The fraction of sp³-hybridized carbons (Fsp3) is 0.667. The molecule has 0 aromatic carbocycles. The number of carbonyl (C=O) groups is 1. The number of nitrogens with one attached hydrogen (secondary N) is 2. The van der Waals surface area contributed by atoms with E-state index in [2.05, 4.69) is 0 Å². The van der Waals surface area contributed by atoms with Gasteiger partial charge in [0.2, 0.25) is 11.3 Å². The van der Waals surface area contributed by atoms with Gasteiger partial charge in [-0.25, -0.2) is 0 Å². The predicted molar refractivity (Wildman–Crippen MR) is 27.3 cm³/mol. The Morgan fingerprint density at radius 3 is 1.62 bits per heavy atom. The van der Waals surface area contributed by atoms with Gasteiger partial charge in [0.1, 0.15) is 11.1 Å². The number of hydrogen-bond acceptors (Lipinski definition) is 3. The molecule has 0 saturated carbocycles. The van der Waals surface area contributed by atoms with Crippen LogP contribution in [0.5, 0.6) is 0 Å². The molecule has 0 aromatic heterocycles. The molecule has 0 saturated heterocycles. The largest absolute Gasteiger partial charge is 0.351 e. The number of rotatable bonds is 1. The zero-order chi connectivity index (χ0) is 6.99. The van der Waals surface area contributed by atoms with Crippen molar-refractivity contribution in [3.8, 4) is 0 Å². The zero-order valence-electron chi connectivity index (χ0n) is 4.88. The monoisotopic (exact) mass is 117 g/mol. The molecular formula is C3H9N4O+. The van der Waals surface area contributed by atoms with Crippen LogP contribution in [0.1, 0.15) is 0 Å². The van der Waals surface area contributed by atoms with Crippen LogP contribution in [0.15, 0.2) is 0 Å². The van der Waals surface area contributed by atoms with E-state index in [1.807, 2.05) is 4.91 Å². The van der Waals surface area contributed by atoms with E-state index >= 15 is 0 Å². The van der Waals surface area contributed by atoms with Crippen molar-refractivity contribution in [3.05, 3.63) is 0 Å². The van der Waals surface area contributed by atoms with E-state index in [1.54, 1.807) is 14.1 Å². The first-order chi connectivity index (χ1) is 3.68. The highest BCUT2D eigenvalue weighted by atomic mass is 16.1. The van der Waals surface area contributed by atoms with Crippen LogP contribution in [0.25, 0.3) is 0 Å². The third-order valence-electron chi connectivity index (χ3n) is 0.211. The van der Waals surface area contributed by atoms with E-state index < -0.39 is 0 Å². The molecular weight excluding hydrogens is 108 g/mol. The quantitative estimate of drug-likeness (QED) is 0.279. The van der Waals surface area contributed by atoms with Crippen molar-refractivity contribution in [1.29, 1.82) is 11.1 Å². The Kier molecular flexibility index (Phi) is 11.5. The lowest BCUT2D eigenvalue weighted by Crippen LogP contribution is -2.06. The van der Waals surface area contributed by atoms with Crippen molar-refractivity contribution in [3.63, 3.8) is 0 Å². The van der Waals surface area contributed by atoms with Gasteiger partial charge in [0.25, 0.3) is 0 Å². The number of hydrogen-bond donors (Lipinski definition) is 2. The van der Waals surface area contributed by atoms with Crippen LogP contribution >= 0.6 is 0 Å². The summed E-state index contributed by atoms with van der Waals surface area (Å²) < 4.78 is 0. The lowest BCUT2D eigenvalue weighted by atomic mass is 11.0. The van der Waals surface area contributed by atoms with Crippen molar-refractivity contribution >= 4 is 6.41 Å². The maximum atomic E-state index is 9.43. The van der Waals surface area contributed by atoms with Gasteiger partial charge < -0.3 is 4.90 Å². The van der Waals surface area contributed by atoms with E-state index in [0.29, 0.717) is 0 Å². The maximum Gasteiger partial charge on any atom is 0.211 e. The molecule has 0 radical (unpaired) electrons. The lowest BCUT2D eigenvalue weighted by molar-refractivity contribution is -0.115. The fourth-order valence-corrected chi connectivity index (χ4v) is 0. The molecule has 0 fully saturated rings. The van der Waals surface area contributed by atoms with Crippen LogP contribution in [0, 0.1) is 11.1 Å². The Morgan fingerprint density at radius 2 is 1.62 bits per heavy atom. The van der Waals surface area contributed by atoms with E-state index in [1.165, 1.54) is 4.90 Å². The van der Waals surface area contributed by atoms with Crippen molar-refractivity contribution in [1.82, 2.24) is 9.81 Å². The second kappa shape index (κ2) is 9.24. The maximum absolute atomic E-state index is 9.43. The van der Waals surface area contributed by atoms with Crippen LogP contribution in [0.4, 0.5) is 0 Å². The average molecular weight is 117 g/mol. The Hall–Kier alpha value is -1.22. The van der Waals surface area contributed by atoms with Gasteiger partial charge >= 0.3 is 0 Å². The molecule has 0 heterocycles. The highest BCUT2D eigenvalue weighted by Gasteiger charge is 1.68. The van der Waals surface area contributed by atoms with Gasteiger partial charge in [-0.1, -0.05) is 0 Å². The van der Waals surface area contributed by atoms with Gasteiger partial charge in [-0.15, -0.1) is 0 Å². The number of nitrogens with zero attached hydrogens (tertiary/aromatic N) is 2. The number of carbonyl (C=O) groups excluding carboxylic acids is 1. The first-order valence-corrected chi connectivity index (χ1v) is 1.84. The smallest absolute Gasteiger partial charge is 0.211 e. The molecule has 0 atom stereocenters. The molecule has 0 aliphatic carbocycles. The number of amides is 1. The third-order valence-corrected chi connectivity index (χ3v) is 0.211. The average Bonchev–Trinajstić information content (AvgIpc) is 1.69. The van der Waals surface area contributed by atoms with Gasteiger partial charge in [0, 0.05) is 14.1 Å². The second-order valence-electron chi connectivity index (χ2n) is 1.18. The molecule has 0 rings (SSSR count). The topological polar surface area (TPSA) is 82.1 Å². The minimum atomic E-state index is 0.750. The predicted octanol–water partition coefficient (Wildman–Crippen LogP) is -0.180. The standard InChI is InChI=1S/C3H7NO.H2N3/c1-4(2)3-5;1-3-2/h3H,1-2H3;1-2H/q;+1. The van der Waals surface area contributed by atoms with Crippen LogP contribution in [0.3, 0.4) is 0 Å². The molecule has 8 heavy (non-hydrogen) atoms. The summed E-state index contributed by atoms with van der Waals surface area (Å²) in [5.41, 5.74) is 11.0. The summed E-state index contributed by atoms with van der Waals surface area (Å²) in [5, 5.41) is 0. The minimum Gasteiger partial charge on any atom is -0.351 e. The molecule has 5 nitrogen and oxygen atoms in total. The molecule has 46 valence electrons. The molecule has 0 bridgehead atoms. The highest BCUT2D eigenvalue weighted by Crippen LogP contribution is 1.52. The van der Waals surface area contributed by atoms with E-state index in [0.717, 1.165) is 6.41 Å². The summed E-state index contributed by atoms with van der Waals surface area (Å²) in [6.45, 7) is 0. The van der Waals surface area contributed by atoms with Crippen molar-refractivity contribution in [2.75, 3.05) is 14.1 Å². The summed E-state index contributed by atoms with van der Waals surface area (Å²) in [4.78, 5) is 12.9. The normalized spacial score (nSPS) is 5.25. The Balaban J connectivity index is 0. The van der Waals surface area contributed by atoms with E-state index in [-0.39, 0.29) is 0 Å². The van der Waals surface area contributed by atoms with Crippen LogP contribution in [-0.4, -0.2) is 25.4 Å². The van der Waals surface area contributed by atoms with E-state index in [9.17, 15) is 4.79 Å². The molecule has 0 aliphatic heterocycles. The van der Waals surface area contributed by atoms with Crippen molar-refractivity contribution in [2.45, 2.75) is 0 Å². The Morgan fingerprint density at radius 1 is 1.50 bits per heavy atom. The van der Waals surface area contributed by atoms with Crippen LogP contribution in [0.2, 0.25) is 0 Å². The fourth-order valence-electron chi connectivity index (χ4n) is 0. The van der Waals surface area contributed by atoms with Crippen molar-refractivity contribution in [2.24, 2.45) is 0 Å². The summed E-state index contributed by atoms with van der Waals surface area (Å²) in [6, 6.07) is 0. The summed E-state index contributed by atoms with van der Waals surface area (Å²) in [7, 11) is 3.38. The van der Waals surface area contributed by atoms with Gasteiger partial charge in [-0.3, -0.25) is 4.79 Å². The molecule has 0 aromatic rings. The molecule has 0 unspecified atom stereocenters. The zero-order valence-corrected chi connectivity index (χ0v) is 4.88. The second-order valence-corrected chi connectivity index (χ2v) is 1.18. The first kappa shape index (κ1) is 9.91. The summed E-state index contributed by atoms with van der Waals surface area (Å²) >= 11 is 0. The van der Waals surface area contributed by atoms with Gasteiger partial charge in [-0.05, 0) is 0 Å². The third kappa shape index (κ3) is 112. The Labute approximate surface area is 47.3 Å². The SMILES string of the molecule is CN(C)C=O.N=[N+]=N. The summed E-state index contributed by atoms with van der Waals surface area (Å²) in [6.07, 6.45) is 0.750. The molecule has 0 aliphatic rings. The van der Waals surface area contributed by atoms with Gasteiger partial charge in [0.15, 0.2) is 0 Å². The lowest BCUT2D eigenvalue weighted by Gasteiger charge is -1.93. The molecule has 2 N–H and O–H groups in total. The van der Waals surface area contributed by atoms with Gasteiger partial charge in [0.05, 0.1) is 0 Å².